The van der Waals surface area contributed by atoms with Gasteiger partial charge in [-0.1, -0.05) is 6.08 Å². The Morgan fingerprint density at radius 3 is 2.88 bits per heavy atom. The van der Waals surface area contributed by atoms with Crippen molar-refractivity contribution in [3.8, 4) is 0 Å². The van der Waals surface area contributed by atoms with E-state index in [-0.39, 0.29) is 24.2 Å². The van der Waals surface area contributed by atoms with Gasteiger partial charge in [-0.15, -0.1) is 0 Å². The van der Waals surface area contributed by atoms with Gasteiger partial charge >= 0.3 is 0 Å². The molecule has 0 aromatic carbocycles. The molecule has 1 heterocycles. The molecule has 0 bridgehead atoms. The van der Waals surface area contributed by atoms with Crippen molar-refractivity contribution in [2.75, 3.05) is 6.54 Å². The number of amides is 1. The van der Waals surface area contributed by atoms with Gasteiger partial charge in [-0.25, -0.2) is 0 Å². The summed E-state index contributed by atoms with van der Waals surface area (Å²) in [4.78, 5) is 11.8. The minimum Gasteiger partial charge on any atom is -0.353 e. The average Bonchev–Trinajstić information content (AvgIpc) is 2.62. The summed E-state index contributed by atoms with van der Waals surface area (Å²) < 4.78 is 11.4. The van der Waals surface area contributed by atoms with Gasteiger partial charge in [-0.2, -0.15) is 0 Å². The summed E-state index contributed by atoms with van der Waals surface area (Å²) in [5.74, 6) is -0.786. The fourth-order valence-electron chi connectivity index (χ4n) is 2.18. The van der Waals surface area contributed by atoms with Crippen LogP contribution in [-0.4, -0.2) is 36.5 Å². The number of nitrogens with two attached hydrogens (primary N) is 1. The second-order valence-electron chi connectivity index (χ2n) is 4.58. The summed E-state index contributed by atoms with van der Waals surface area (Å²) in [7, 11) is 0. The Hall–Kier alpha value is -0.910. The Morgan fingerprint density at radius 1 is 1.56 bits per heavy atom. The van der Waals surface area contributed by atoms with Crippen molar-refractivity contribution in [1.82, 2.24) is 5.32 Å². The van der Waals surface area contributed by atoms with Crippen LogP contribution >= 0.6 is 0 Å². The van der Waals surface area contributed by atoms with Gasteiger partial charge in [-0.05, 0) is 20.8 Å². The maximum absolute atomic E-state index is 11.8. The quantitative estimate of drug-likeness (QED) is 0.690. The Balaban J connectivity index is 2.17. The van der Waals surface area contributed by atoms with Crippen LogP contribution in [0.3, 0.4) is 0 Å². The number of hydrogen-bond acceptors (Lipinski definition) is 4. The van der Waals surface area contributed by atoms with Crippen LogP contribution < -0.4 is 11.1 Å². The van der Waals surface area contributed by atoms with E-state index in [0.717, 1.165) is 0 Å². The predicted molar refractivity (Wildman–Crippen MR) is 58.6 cm³/mol. The van der Waals surface area contributed by atoms with Crippen LogP contribution in [0.25, 0.3) is 0 Å². The molecule has 0 spiro atoms. The van der Waals surface area contributed by atoms with Gasteiger partial charge in [0.05, 0.1) is 6.04 Å². The van der Waals surface area contributed by atoms with E-state index >= 15 is 0 Å². The van der Waals surface area contributed by atoms with E-state index in [2.05, 4.69) is 5.32 Å². The monoisotopic (exact) mass is 226 g/mol. The van der Waals surface area contributed by atoms with E-state index < -0.39 is 5.79 Å². The van der Waals surface area contributed by atoms with Crippen LogP contribution in [0.15, 0.2) is 11.6 Å². The van der Waals surface area contributed by atoms with Crippen molar-refractivity contribution in [1.29, 1.82) is 0 Å². The maximum Gasteiger partial charge on any atom is 0.249 e. The first-order valence-electron chi connectivity index (χ1n) is 5.56. The van der Waals surface area contributed by atoms with E-state index in [9.17, 15) is 4.79 Å². The standard InChI is InChI=1S/C11H18N2O3/c1-4-13-10(14)6-5-7(12)9-8(6)15-11(2,3)16-9/h5,7-9H,4,12H2,1-3H3,(H,13,14)/t7-,8-,9+/m1/s1. The van der Waals surface area contributed by atoms with Gasteiger partial charge in [0.2, 0.25) is 5.91 Å². The largest absolute Gasteiger partial charge is 0.353 e. The molecule has 2 rings (SSSR count). The van der Waals surface area contributed by atoms with Crippen molar-refractivity contribution in [2.45, 2.75) is 44.8 Å². The molecular weight excluding hydrogens is 208 g/mol. The summed E-state index contributed by atoms with van der Waals surface area (Å²) >= 11 is 0. The second-order valence-corrected chi connectivity index (χ2v) is 4.58. The van der Waals surface area contributed by atoms with Crippen molar-refractivity contribution < 1.29 is 14.3 Å². The molecule has 3 atom stereocenters. The molecule has 5 nitrogen and oxygen atoms in total. The molecule has 0 saturated carbocycles. The van der Waals surface area contributed by atoms with Crippen LogP contribution in [0.5, 0.6) is 0 Å². The van der Waals surface area contributed by atoms with E-state index in [1.165, 1.54) is 0 Å². The van der Waals surface area contributed by atoms with Gasteiger partial charge in [0.25, 0.3) is 0 Å². The molecule has 1 aliphatic heterocycles. The van der Waals surface area contributed by atoms with Crippen LogP contribution in [0.1, 0.15) is 20.8 Å². The van der Waals surface area contributed by atoms with Crippen LogP contribution in [-0.2, 0) is 14.3 Å². The number of rotatable bonds is 2. The molecule has 16 heavy (non-hydrogen) atoms. The fourth-order valence-corrected chi connectivity index (χ4v) is 2.18. The molecule has 0 aromatic rings. The zero-order valence-electron chi connectivity index (χ0n) is 9.82. The Kier molecular flexibility index (Phi) is 2.77. The van der Waals surface area contributed by atoms with E-state index in [4.69, 9.17) is 15.2 Å². The molecule has 2 aliphatic rings. The predicted octanol–water partition coefficient (Wildman–Crippen LogP) is -0.0901. The van der Waals surface area contributed by atoms with E-state index in [0.29, 0.717) is 12.1 Å². The van der Waals surface area contributed by atoms with Gasteiger partial charge in [-0.3, -0.25) is 4.79 Å². The van der Waals surface area contributed by atoms with Crippen molar-refractivity contribution >= 4 is 5.91 Å². The molecule has 3 N–H and O–H groups in total. The first-order chi connectivity index (χ1) is 7.44. The third kappa shape index (κ3) is 1.86. The second kappa shape index (κ2) is 3.84. The number of likely N-dealkylation sites (N-methyl/N-ethyl adjacent to an activating group) is 1. The molecule has 1 fully saturated rings. The van der Waals surface area contributed by atoms with Crippen molar-refractivity contribution in [2.24, 2.45) is 5.73 Å². The lowest BCUT2D eigenvalue weighted by Gasteiger charge is -2.19. The highest BCUT2D eigenvalue weighted by Gasteiger charge is 2.50. The summed E-state index contributed by atoms with van der Waals surface area (Å²) in [5.41, 5.74) is 6.49. The molecule has 1 aliphatic carbocycles. The summed E-state index contributed by atoms with van der Waals surface area (Å²) in [5, 5.41) is 2.75. The van der Waals surface area contributed by atoms with Crippen molar-refractivity contribution in [3.05, 3.63) is 11.6 Å². The highest BCUT2D eigenvalue weighted by Crippen LogP contribution is 2.37. The topological polar surface area (TPSA) is 73.6 Å². The number of carbonyl (C=O) groups is 1. The first kappa shape index (κ1) is 11.6. The number of nitrogens with one attached hydrogen (secondary N) is 1. The van der Waals surface area contributed by atoms with Crippen LogP contribution in [0.2, 0.25) is 0 Å². The molecule has 0 aromatic heterocycles. The molecule has 5 heteroatoms. The van der Waals surface area contributed by atoms with Gasteiger partial charge in [0.1, 0.15) is 12.2 Å². The smallest absolute Gasteiger partial charge is 0.249 e. The third-order valence-corrected chi connectivity index (χ3v) is 2.79. The molecule has 1 saturated heterocycles. The summed E-state index contributed by atoms with van der Waals surface area (Å²) in [6.07, 6.45) is 1.15. The number of ether oxygens (including phenoxy) is 2. The normalized spacial score (nSPS) is 35.8. The zero-order chi connectivity index (χ0) is 11.9. The summed E-state index contributed by atoms with van der Waals surface area (Å²) in [6, 6.07) is -0.274. The van der Waals surface area contributed by atoms with Gasteiger partial charge < -0.3 is 20.5 Å². The minimum atomic E-state index is -0.668. The van der Waals surface area contributed by atoms with E-state index in [1.807, 2.05) is 20.8 Å². The fraction of sp³-hybridized carbons (Fsp3) is 0.727. The first-order valence-corrected chi connectivity index (χ1v) is 5.56. The molecule has 0 unspecified atom stereocenters. The molecule has 90 valence electrons. The molecular formula is C11H18N2O3. The lowest BCUT2D eigenvalue weighted by molar-refractivity contribution is -0.146. The summed E-state index contributed by atoms with van der Waals surface area (Å²) in [6.45, 7) is 6.12. The number of fused-ring (bicyclic) bond motifs is 1. The third-order valence-electron chi connectivity index (χ3n) is 2.79. The zero-order valence-corrected chi connectivity index (χ0v) is 9.82. The Bertz CT molecular complexity index is 338. The van der Waals surface area contributed by atoms with Crippen LogP contribution in [0, 0.1) is 0 Å². The number of hydrogen-bond donors (Lipinski definition) is 2. The lowest BCUT2D eigenvalue weighted by Crippen LogP contribution is -2.36. The van der Waals surface area contributed by atoms with Gasteiger partial charge in [0, 0.05) is 12.1 Å². The molecule has 0 radical (unpaired) electrons. The molecule has 1 amide bonds. The lowest BCUT2D eigenvalue weighted by atomic mass is 10.1. The maximum atomic E-state index is 11.8. The Morgan fingerprint density at radius 2 is 2.25 bits per heavy atom. The highest BCUT2D eigenvalue weighted by molar-refractivity contribution is 5.95. The van der Waals surface area contributed by atoms with Crippen molar-refractivity contribution in [3.63, 3.8) is 0 Å². The van der Waals surface area contributed by atoms with Crippen LogP contribution in [0.4, 0.5) is 0 Å². The number of carbonyl (C=O) groups excluding carboxylic acids is 1. The van der Waals surface area contributed by atoms with E-state index in [1.54, 1.807) is 6.08 Å². The average molecular weight is 226 g/mol. The SMILES string of the molecule is CCNC(=O)C1=C[C@@H](N)[C@@H]2OC(C)(C)O[C@H]12. The highest BCUT2D eigenvalue weighted by atomic mass is 16.8. The minimum absolute atomic E-state index is 0.119. The Labute approximate surface area is 95.0 Å². The van der Waals surface area contributed by atoms with Gasteiger partial charge in [0.15, 0.2) is 5.79 Å².